The highest BCUT2D eigenvalue weighted by Crippen LogP contribution is 2.29. The van der Waals surface area contributed by atoms with Crippen LogP contribution in [-0.2, 0) is 9.53 Å². The maximum atomic E-state index is 12.1. The van der Waals surface area contributed by atoms with Crippen LogP contribution >= 0.6 is 0 Å². The zero-order valence-corrected chi connectivity index (χ0v) is 17.0. The molecule has 0 saturated heterocycles. The zero-order valence-electron chi connectivity index (χ0n) is 17.0. The topological polar surface area (TPSA) is 71.1 Å². The summed E-state index contributed by atoms with van der Waals surface area (Å²) >= 11 is 0. The first-order valence-electron chi connectivity index (χ1n) is 9.55. The Labute approximate surface area is 171 Å². The summed E-state index contributed by atoms with van der Waals surface area (Å²) in [6.45, 7) is 5.15. The van der Waals surface area contributed by atoms with Crippen molar-refractivity contribution in [1.82, 2.24) is 0 Å². The van der Waals surface area contributed by atoms with Gasteiger partial charge in [0.15, 0.2) is 11.5 Å². The number of carbonyl (C=O) groups excluding carboxylic acids is 2. The predicted octanol–water partition coefficient (Wildman–Crippen LogP) is 4.67. The lowest BCUT2D eigenvalue weighted by atomic mass is 10.2. The van der Waals surface area contributed by atoms with Crippen LogP contribution in [0.3, 0.4) is 0 Å². The van der Waals surface area contributed by atoms with Crippen LogP contribution in [0.4, 0.5) is 0 Å². The molecular weight excluding hydrogens is 372 g/mol. The Morgan fingerprint density at radius 1 is 0.966 bits per heavy atom. The minimum Gasteiger partial charge on any atom is -0.490 e. The molecule has 0 atom stereocenters. The number of unbranched alkanes of at least 4 members (excludes halogenated alkanes) is 1. The van der Waals surface area contributed by atoms with Crippen LogP contribution < -0.4 is 14.2 Å². The van der Waals surface area contributed by atoms with Crippen molar-refractivity contribution in [3.8, 4) is 17.2 Å². The number of benzene rings is 2. The van der Waals surface area contributed by atoms with E-state index in [4.69, 9.17) is 14.2 Å². The highest BCUT2D eigenvalue weighted by Gasteiger charge is 2.08. The fourth-order valence-electron chi connectivity index (χ4n) is 2.43. The van der Waals surface area contributed by atoms with Gasteiger partial charge in [-0.2, -0.15) is 0 Å². The third-order valence-corrected chi connectivity index (χ3v) is 3.93. The van der Waals surface area contributed by atoms with E-state index in [1.54, 1.807) is 6.08 Å². The van der Waals surface area contributed by atoms with Gasteiger partial charge in [-0.3, -0.25) is 0 Å². The summed E-state index contributed by atoms with van der Waals surface area (Å²) in [4.78, 5) is 23.5. The molecule has 0 aliphatic heterocycles. The van der Waals surface area contributed by atoms with Gasteiger partial charge in [0.05, 0.1) is 25.9 Å². The third-order valence-electron chi connectivity index (χ3n) is 3.93. The van der Waals surface area contributed by atoms with Gasteiger partial charge in [-0.1, -0.05) is 19.4 Å². The molecule has 0 fully saturated rings. The fourth-order valence-corrected chi connectivity index (χ4v) is 2.43. The van der Waals surface area contributed by atoms with Gasteiger partial charge >= 0.3 is 11.9 Å². The Bertz CT molecular complexity index is 839. The summed E-state index contributed by atoms with van der Waals surface area (Å²) in [6.07, 6.45) is 5.00. The molecule has 2 rings (SSSR count). The zero-order chi connectivity index (χ0) is 21.1. The Morgan fingerprint density at radius 2 is 1.72 bits per heavy atom. The highest BCUT2D eigenvalue weighted by atomic mass is 16.5. The maximum Gasteiger partial charge on any atom is 0.337 e. The van der Waals surface area contributed by atoms with Gasteiger partial charge in [0.2, 0.25) is 0 Å². The lowest BCUT2D eigenvalue weighted by Crippen LogP contribution is -2.05. The van der Waals surface area contributed by atoms with E-state index in [2.05, 4.69) is 11.7 Å². The van der Waals surface area contributed by atoms with E-state index in [0.29, 0.717) is 36.0 Å². The largest absolute Gasteiger partial charge is 0.490 e. The molecule has 0 N–H and O–H groups in total. The lowest BCUT2D eigenvalue weighted by molar-refractivity contribution is -0.128. The van der Waals surface area contributed by atoms with E-state index in [-0.39, 0.29) is 0 Å². The van der Waals surface area contributed by atoms with Crippen molar-refractivity contribution in [2.45, 2.75) is 26.7 Å². The Morgan fingerprint density at radius 3 is 2.38 bits per heavy atom. The van der Waals surface area contributed by atoms with E-state index in [9.17, 15) is 9.59 Å². The van der Waals surface area contributed by atoms with Crippen molar-refractivity contribution >= 4 is 18.0 Å². The number of esters is 2. The van der Waals surface area contributed by atoms with Crippen LogP contribution in [-0.4, -0.2) is 32.3 Å². The fraction of sp³-hybridized carbons (Fsp3) is 0.304. The van der Waals surface area contributed by atoms with Gasteiger partial charge in [-0.15, -0.1) is 0 Å². The van der Waals surface area contributed by atoms with Gasteiger partial charge in [-0.25, -0.2) is 9.59 Å². The molecule has 0 aliphatic rings. The molecule has 0 aliphatic carbocycles. The number of carbonyl (C=O) groups is 2. The van der Waals surface area contributed by atoms with Crippen LogP contribution in [0.25, 0.3) is 6.08 Å². The van der Waals surface area contributed by atoms with E-state index in [1.165, 1.54) is 37.5 Å². The Kier molecular flexibility index (Phi) is 8.76. The highest BCUT2D eigenvalue weighted by molar-refractivity contribution is 5.90. The summed E-state index contributed by atoms with van der Waals surface area (Å²) in [5.41, 5.74) is 1.17. The maximum absolute atomic E-state index is 12.1. The first-order valence-corrected chi connectivity index (χ1v) is 9.55. The molecule has 0 unspecified atom stereocenters. The number of rotatable bonds is 10. The number of hydrogen-bond acceptors (Lipinski definition) is 6. The lowest BCUT2D eigenvalue weighted by Gasteiger charge is -2.12. The van der Waals surface area contributed by atoms with Crippen molar-refractivity contribution in [2.75, 3.05) is 20.3 Å². The predicted molar refractivity (Wildman–Crippen MR) is 110 cm³/mol. The molecule has 0 heterocycles. The SMILES string of the molecule is CCCCOc1ccc(/C=C/C(=O)Oc2ccc(C(=O)OC)cc2)cc1OCC. The molecule has 6 nitrogen and oxygen atoms in total. The average molecular weight is 398 g/mol. The van der Waals surface area contributed by atoms with Crippen molar-refractivity contribution in [1.29, 1.82) is 0 Å². The van der Waals surface area contributed by atoms with Crippen LogP contribution in [0.5, 0.6) is 17.2 Å². The molecular formula is C23H26O6. The standard InChI is InChI=1S/C23H26O6/c1-4-6-15-28-20-13-7-17(16-21(20)27-5-2)8-14-22(24)29-19-11-9-18(10-12-19)23(25)26-3/h7-14,16H,4-6,15H2,1-3H3/b14-8+. The van der Waals surface area contributed by atoms with E-state index < -0.39 is 11.9 Å². The quantitative estimate of drug-likeness (QED) is 0.251. The number of hydrogen-bond donors (Lipinski definition) is 0. The second kappa shape index (κ2) is 11.5. The molecule has 0 spiro atoms. The molecule has 2 aromatic carbocycles. The summed E-state index contributed by atoms with van der Waals surface area (Å²) < 4.78 is 21.3. The van der Waals surface area contributed by atoms with E-state index >= 15 is 0 Å². The first-order chi connectivity index (χ1) is 14.1. The van der Waals surface area contributed by atoms with Gasteiger partial charge in [-0.05, 0) is 61.4 Å². The molecule has 0 aromatic heterocycles. The smallest absolute Gasteiger partial charge is 0.337 e. The van der Waals surface area contributed by atoms with Crippen molar-refractivity contribution < 1.29 is 28.5 Å². The second-order valence-corrected chi connectivity index (χ2v) is 6.11. The van der Waals surface area contributed by atoms with E-state index in [1.807, 2.05) is 25.1 Å². The van der Waals surface area contributed by atoms with Crippen molar-refractivity contribution in [2.24, 2.45) is 0 Å². The van der Waals surface area contributed by atoms with Crippen LogP contribution in [0, 0.1) is 0 Å². The molecule has 0 radical (unpaired) electrons. The normalized spacial score (nSPS) is 10.6. The minimum atomic E-state index is -0.531. The summed E-state index contributed by atoms with van der Waals surface area (Å²) in [5.74, 6) is 0.678. The molecule has 154 valence electrons. The number of methoxy groups -OCH3 is 1. The number of ether oxygens (including phenoxy) is 4. The van der Waals surface area contributed by atoms with Gasteiger partial charge < -0.3 is 18.9 Å². The first kappa shape index (κ1) is 22.0. The Hall–Kier alpha value is -3.28. The molecule has 0 bridgehead atoms. The molecule has 6 heteroatoms. The third kappa shape index (κ3) is 6.99. The average Bonchev–Trinajstić information content (AvgIpc) is 2.74. The summed E-state index contributed by atoms with van der Waals surface area (Å²) in [6, 6.07) is 11.6. The molecule has 2 aromatic rings. The van der Waals surface area contributed by atoms with Crippen molar-refractivity contribution in [3.05, 3.63) is 59.7 Å². The van der Waals surface area contributed by atoms with Gasteiger partial charge in [0.25, 0.3) is 0 Å². The van der Waals surface area contributed by atoms with Crippen molar-refractivity contribution in [3.63, 3.8) is 0 Å². The van der Waals surface area contributed by atoms with Crippen LogP contribution in [0.1, 0.15) is 42.6 Å². The molecule has 0 saturated carbocycles. The van der Waals surface area contributed by atoms with Gasteiger partial charge in [0.1, 0.15) is 5.75 Å². The molecule has 29 heavy (non-hydrogen) atoms. The monoisotopic (exact) mass is 398 g/mol. The van der Waals surface area contributed by atoms with Crippen LogP contribution in [0.15, 0.2) is 48.5 Å². The second-order valence-electron chi connectivity index (χ2n) is 6.11. The van der Waals surface area contributed by atoms with Crippen LogP contribution in [0.2, 0.25) is 0 Å². The summed E-state index contributed by atoms with van der Waals surface area (Å²) in [5, 5.41) is 0. The van der Waals surface area contributed by atoms with Gasteiger partial charge in [0, 0.05) is 6.08 Å². The summed E-state index contributed by atoms with van der Waals surface area (Å²) in [7, 11) is 1.31. The Balaban J connectivity index is 2.01. The minimum absolute atomic E-state index is 0.335. The molecule has 0 amide bonds. The van der Waals surface area contributed by atoms with E-state index in [0.717, 1.165) is 18.4 Å².